The van der Waals surface area contributed by atoms with Crippen molar-refractivity contribution in [3.8, 4) is 0 Å². The van der Waals surface area contributed by atoms with Gasteiger partial charge in [0.15, 0.2) is 0 Å². The first kappa shape index (κ1) is 20.1. The van der Waals surface area contributed by atoms with Crippen LogP contribution in [-0.4, -0.2) is 71.7 Å². The van der Waals surface area contributed by atoms with Gasteiger partial charge >= 0.3 is 0 Å². The first-order chi connectivity index (χ1) is 12.6. The number of unbranched alkanes of at least 4 members (excludes halogenated alkanes) is 3. The topological polar surface area (TPSA) is 111 Å². The van der Waals surface area contributed by atoms with Crippen molar-refractivity contribution >= 4 is 17.8 Å². The maximum atomic E-state index is 12.1. The fourth-order valence-electron chi connectivity index (χ4n) is 2.73. The Morgan fingerprint density at radius 1 is 1.08 bits per heavy atom. The largest absolute Gasteiger partial charge is 0.352 e. The van der Waals surface area contributed by atoms with Gasteiger partial charge in [-0.25, -0.2) is 15.4 Å². The van der Waals surface area contributed by atoms with Crippen LogP contribution in [0.4, 0.5) is 5.95 Å². The van der Waals surface area contributed by atoms with Crippen molar-refractivity contribution in [2.75, 3.05) is 44.7 Å². The zero-order valence-electron chi connectivity index (χ0n) is 15.3. The lowest BCUT2D eigenvalue weighted by atomic mass is 10.1. The number of anilines is 1. The SMILES string of the molecule is CN1CCN(c2ncc(C(=O)NCCCCCCC(=O)NO)cn2)CC1. The van der Waals surface area contributed by atoms with E-state index in [-0.39, 0.29) is 11.8 Å². The fourth-order valence-corrected chi connectivity index (χ4v) is 2.73. The van der Waals surface area contributed by atoms with E-state index in [4.69, 9.17) is 5.21 Å². The predicted molar refractivity (Wildman–Crippen MR) is 97.1 cm³/mol. The molecule has 2 amide bonds. The number of nitrogens with one attached hydrogen (secondary N) is 2. The molecule has 26 heavy (non-hydrogen) atoms. The van der Waals surface area contributed by atoms with Crippen LogP contribution in [-0.2, 0) is 4.79 Å². The number of rotatable bonds is 9. The van der Waals surface area contributed by atoms with Crippen molar-refractivity contribution < 1.29 is 14.8 Å². The van der Waals surface area contributed by atoms with Gasteiger partial charge in [0.25, 0.3) is 5.91 Å². The van der Waals surface area contributed by atoms with E-state index in [1.54, 1.807) is 17.9 Å². The van der Waals surface area contributed by atoms with Crippen molar-refractivity contribution in [2.45, 2.75) is 32.1 Å². The molecule has 9 nitrogen and oxygen atoms in total. The Bertz CT molecular complexity index is 572. The van der Waals surface area contributed by atoms with Gasteiger partial charge in [0.05, 0.1) is 5.56 Å². The molecule has 1 aromatic heterocycles. The molecule has 1 saturated heterocycles. The monoisotopic (exact) mass is 364 g/mol. The summed E-state index contributed by atoms with van der Waals surface area (Å²) in [5.41, 5.74) is 2.07. The van der Waals surface area contributed by atoms with Crippen LogP contribution in [0, 0.1) is 0 Å². The Morgan fingerprint density at radius 3 is 2.38 bits per heavy atom. The van der Waals surface area contributed by atoms with E-state index in [0.29, 0.717) is 24.5 Å². The minimum Gasteiger partial charge on any atom is -0.352 e. The van der Waals surface area contributed by atoms with Crippen molar-refractivity contribution in [3.05, 3.63) is 18.0 Å². The maximum absolute atomic E-state index is 12.1. The molecule has 0 spiro atoms. The van der Waals surface area contributed by atoms with E-state index in [0.717, 1.165) is 51.9 Å². The first-order valence-electron chi connectivity index (χ1n) is 9.07. The highest BCUT2D eigenvalue weighted by Crippen LogP contribution is 2.10. The Hall–Kier alpha value is -2.26. The summed E-state index contributed by atoms with van der Waals surface area (Å²) in [6.07, 6.45) is 6.82. The van der Waals surface area contributed by atoms with Gasteiger partial charge in [0.2, 0.25) is 11.9 Å². The quantitative estimate of drug-likeness (QED) is 0.331. The van der Waals surface area contributed by atoms with Crippen molar-refractivity contribution in [2.24, 2.45) is 0 Å². The molecular weight excluding hydrogens is 336 g/mol. The van der Waals surface area contributed by atoms with E-state index < -0.39 is 0 Å². The van der Waals surface area contributed by atoms with Gasteiger partial charge in [-0.2, -0.15) is 0 Å². The summed E-state index contributed by atoms with van der Waals surface area (Å²) in [6.45, 7) is 4.32. The van der Waals surface area contributed by atoms with Crippen LogP contribution in [0.25, 0.3) is 0 Å². The number of likely N-dealkylation sites (N-methyl/N-ethyl adjacent to an activating group) is 1. The summed E-state index contributed by atoms with van der Waals surface area (Å²) in [5.74, 6) is 0.134. The molecule has 0 bridgehead atoms. The van der Waals surface area contributed by atoms with Crippen LogP contribution >= 0.6 is 0 Å². The molecule has 0 saturated carbocycles. The van der Waals surface area contributed by atoms with E-state index in [2.05, 4.69) is 32.1 Å². The fraction of sp³-hybridized carbons (Fsp3) is 0.647. The Balaban J connectivity index is 1.64. The van der Waals surface area contributed by atoms with Gasteiger partial charge in [-0.15, -0.1) is 0 Å². The first-order valence-corrected chi connectivity index (χ1v) is 9.07. The molecule has 1 aromatic rings. The zero-order valence-corrected chi connectivity index (χ0v) is 15.3. The van der Waals surface area contributed by atoms with Gasteiger partial charge in [-0.3, -0.25) is 14.8 Å². The van der Waals surface area contributed by atoms with E-state index in [9.17, 15) is 9.59 Å². The average Bonchev–Trinajstić information content (AvgIpc) is 2.67. The van der Waals surface area contributed by atoms with Gasteiger partial charge in [-0.05, 0) is 19.9 Å². The number of hydrogen-bond acceptors (Lipinski definition) is 7. The van der Waals surface area contributed by atoms with Crippen LogP contribution in [0.2, 0.25) is 0 Å². The van der Waals surface area contributed by atoms with E-state index in [1.165, 1.54) is 0 Å². The molecule has 0 aromatic carbocycles. The van der Waals surface area contributed by atoms with Crippen molar-refractivity contribution in [3.63, 3.8) is 0 Å². The zero-order chi connectivity index (χ0) is 18.8. The lowest BCUT2D eigenvalue weighted by molar-refractivity contribution is -0.129. The normalized spacial score (nSPS) is 14.9. The maximum Gasteiger partial charge on any atom is 0.254 e. The number of carbonyl (C=O) groups excluding carboxylic acids is 2. The molecule has 1 aliphatic heterocycles. The molecule has 1 aliphatic rings. The lowest BCUT2D eigenvalue weighted by Crippen LogP contribution is -2.45. The molecule has 0 atom stereocenters. The molecule has 0 aliphatic carbocycles. The molecule has 2 heterocycles. The predicted octanol–water partition coefficient (Wildman–Crippen LogP) is 0.414. The van der Waals surface area contributed by atoms with Crippen LogP contribution in [0.15, 0.2) is 12.4 Å². The Kier molecular flexibility index (Phi) is 8.23. The Labute approximate surface area is 153 Å². The number of nitrogens with zero attached hydrogens (tertiary/aromatic N) is 4. The van der Waals surface area contributed by atoms with Gasteiger partial charge in [0.1, 0.15) is 0 Å². The minimum atomic E-state index is -0.363. The number of hydrogen-bond donors (Lipinski definition) is 3. The molecule has 1 fully saturated rings. The van der Waals surface area contributed by atoms with Gasteiger partial charge < -0.3 is 15.1 Å². The number of aromatic nitrogens is 2. The highest BCUT2D eigenvalue weighted by atomic mass is 16.5. The third-order valence-electron chi connectivity index (χ3n) is 4.43. The van der Waals surface area contributed by atoms with E-state index in [1.807, 2.05) is 0 Å². The highest BCUT2D eigenvalue weighted by Gasteiger charge is 2.16. The second kappa shape index (κ2) is 10.7. The number of amides is 2. The molecule has 0 unspecified atom stereocenters. The molecule has 3 N–H and O–H groups in total. The third kappa shape index (κ3) is 6.57. The summed E-state index contributed by atoms with van der Waals surface area (Å²) in [7, 11) is 2.09. The summed E-state index contributed by atoms with van der Waals surface area (Å²) in [6, 6.07) is 0. The average molecular weight is 364 g/mol. The number of carbonyl (C=O) groups is 2. The summed E-state index contributed by atoms with van der Waals surface area (Å²) in [4.78, 5) is 36.0. The second-order valence-electron chi connectivity index (χ2n) is 6.52. The van der Waals surface area contributed by atoms with Crippen LogP contribution in [0.3, 0.4) is 0 Å². The summed E-state index contributed by atoms with van der Waals surface area (Å²) >= 11 is 0. The second-order valence-corrected chi connectivity index (χ2v) is 6.52. The van der Waals surface area contributed by atoms with Crippen molar-refractivity contribution in [1.29, 1.82) is 0 Å². The van der Waals surface area contributed by atoms with Crippen LogP contribution in [0.1, 0.15) is 42.5 Å². The molecule has 2 rings (SSSR count). The summed E-state index contributed by atoms with van der Waals surface area (Å²) in [5, 5.41) is 11.2. The van der Waals surface area contributed by atoms with Crippen LogP contribution < -0.4 is 15.7 Å². The third-order valence-corrected chi connectivity index (χ3v) is 4.43. The number of hydroxylamine groups is 1. The lowest BCUT2D eigenvalue weighted by Gasteiger charge is -2.32. The Morgan fingerprint density at radius 2 is 1.73 bits per heavy atom. The van der Waals surface area contributed by atoms with Crippen molar-refractivity contribution in [1.82, 2.24) is 25.7 Å². The highest BCUT2D eigenvalue weighted by molar-refractivity contribution is 5.93. The molecule has 0 radical (unpaired) electrons. The van der Waals surface area contributed by atoms with Gasteiger partial charge in [-0.1, -0.05) is 12.8 Å². The minimum absolute atomic E-state index is 0.172. The van der Waals surface area contributed by atoms with Crippen LogP contribution in [0.5, 0.6) is 0 Å². The van der Waals surface area contributed by atoms with Gasteiger partial charge in [0, 0.05) is 51.5 Å². The molecular formula is C17H28N6O3. The standard InChI is InChI=1S/C17H28N6O3/c1-22-8-10-23(11-9-22)17-19-12-14(13-20-17)16(25)18-7-5-3-2-4-6-15(24)21-26/h12-13,26H,2-11H2,1H3,(H,18,25)(H,21,24). The smallest absolute Gasteiger partial charge is 0.254 e. The van der Waals surface area contributed by atoms with E-state index >= 15 is 0 Å². The molecule has 144 valence electrons. The molecule has 9 heteroatoms. The summed E-state index contributed by atoms with van der Waals surface area (Å²) < 4.78 is 0. The number of piperazine rings is 1.